The van der Waals surface area contributed by atoms with Crippen LogP contribution in [0.3, 0.4) is 0 Å². The van der Waals surface area contributed by atoms with Gasteiger partial charge in [-0.2, -0.15) is 5.10 Å². The predicted molar refractivity (Wildman–Crippen MR) is 95.3 cm³/mol. The van der Waals surface area contributed by atoms with Gasteiger partial charge in [0.15, 0.2) is 0 Å². The SMILES string of the molecule is CC(NC(=O)[C@H]1CNC[C@@H]1c1cnn(C)c1)c1cc(F)c(Cl)cc1Cl. The number of carbonyl (C=O) groups is 1. The molecule has 1 aromatic heterocycles. The highest BCUT2D eigenvalue weighted by Gasteiger charge is 2.35. The molecule has 5 nitrogen and oxygen atoms in total. The second kappa shape index (κ2) is 7.32. The van der Waals surface area contributed by atoms with E-state index in [1.165, 1.54) is 12.1 Å². The number of amides is 1. The van der Waals surface area contributed by atoms with Crippen LogP contribution >= 0.6 is 23.2 Å². The summed E-state index contributed by atoms with van der Waals surface area (Å²) in [5.74, 6) is -0.823. The van der Waals surface area contributed by atoms with Crippen molar-refractivity contribution < 1.29 is 9.18 Å². The zero-order chi connectivity index (χ0) is 18.1. The minimum absolute atomic E-state index is 0.0380. The molecule has 0 bridgehead atoms. The van der Waals surface area contributed by atoms with Crippen LogP contribution in [-0.4, -0.2) is 28.8 Å². The van der Waals surface area contributed by atoms with E-state index in [2.05, 4.69) is 15.7 Å². The lowest BCUT2D eigenvalue weighted by atomic mass is 9.90. The summed E-state index contributed by atoms with van der Waals surface area (Å²) in [6.45, 7) is 3.07. The van der Waals surface area contributed by atoms with Crippen molar-refractivity contribution >= 4 is 29.1 Å². The maximum absolute atomic E-state index is 13.7. The first kappa shape index (κ1) is 18.2. The van der Waals surface area contributed by atoms with E-state index >= 15 is 0 Å². The van der Waals surface area contributed by atoms with Crippen molar-refractivity contribution in [3.05, 3.63) is 51.5 Å². The summed E-state index contributed by atoms with van der Waals surface area (Å²) in [5.41, 5.74) is 1.52. The molecule has 2 aromatic rings. The van der Waals surface area contributed by atoms with Crippen LogP contribution in [0.5, 0.6) is 0 Å². The molecule has 1 amide bonds. The van der Waals surface area contributed by atoms with E-state index in [4.69, 9.17) is 23.2 Å². The van der Waals surface area contributed by atoms with Crippen LogP contribution in [0.2, 0.25) is 10.0 Å². The predicted octanol–water partition coefficient (Wildman–Crippen LogP) is 3.05. The number of carbonyl (C=O) groups excluding carboxylic acids is 1. The molecule has 1 saturated heterocycles. The van der Waals surface area contributed by atoms with Gasteiger partial charge in [-0.1, -0.05) is 23.2 Å². The summed E-state index contributed by atoms with van der Waals surface area (Å²) in [6, 6.07) is 2.19. The fourth-order valence-corrected chi connectivity index (χ4v) is 3.75. The summed E-state index contributed by atoms with van der Waals surface area (Å²) in [4.78, 5) is 12.7. The third kappa shape index (κ3) is 3.81. The minimum Gasteiger partial charge on any atom is -0.349 e. The number of nitrogens with one attached hydrogen (secondary N) is 2. The van der Waals surface area contributed by atoms with Crippen molar-refractivity contribution in [2.75, 3.05) is 13.1 Å². The van der Waals surface area contributed by atoms with Gasteiger partial charge >= 0.3 is 0 Å². The topological polar surface area (TPSA) is 59.0 Å². The van der Waals surface area contributed by atoms with Crippen molar-refractivity contribution in [2.45, 2.75) is 18.9 Å². The van der Waals surface area contributed by atoms with Gasteiger partial charge in [-0.3, -0.25) is 9.48 Å². The molecular weight excluding hydrogens is 366 g/mol. The average molecular weight is 385 g/mol. The van der Waals surface area contributed by atoms with Gasteiger partial charge in [0.1, 0.15) is 5.82 Å². The molecule has 2 N–H and O–H groups in total. The number of aryl methyl sites for hydroxylation is 1. The van der Waals surface area contributed by atoms with Crippen LogP contribution in [0, 0.1) is 11.7 Å². The zero-order valence-electron chi connectivity index (χ0n) is 13.9. The Kier molecular flexibility index (Phi) is 5.32. The molecule has 2 heterocycles. The first-order chi connectivity index (χ1) is 11.9. The molecule has 1 aliphatic rings. The Bertz CT molecular complexity index is 795. The number of rotatable bonds is 4. The van der Waals surface area contributed by atoms with E-state index in [0.717, 1.165) is 5.56 Å². The van der Waals surface area contributed by atoms with Crippen molar-refractivity contribution in [3.63, 3.8) is 0 Å². The quantitative estimate of drug-likeness (QED) is 0.796. The smallest absolute Gasteiger partial charge is 0.225 e. The maximum Gasteiger partial charge on any atom is 0.225 e. The van der Waals surface area contributed by atoms with Crippen LogP contribution in [0.4, 0.5) is 4.39 Å². The highest BCUT2D eigenvalue weighted by atomic mass is 35.5. The number of halogens is 3. The molecule has 3 atom stereocenters. The second-order valence-corrected chi connectivity index (χ2v) is 7.15. The minimum atomic E-state index is -0.557. The number of benzene rings is 1. The standard InChI is InChI=1S/C17H19Cl2FN4O/c1-9(11-3-16(20)15(19)4-14(11)18)23-17(25)13-7-21-6-12(13)10-5-22-24(2)8-10/h3-5,8-9,12-13,21H,6-7H2,1-2H3,(H,23,25)/t9?,12-,13+/m1/s1. The van der Waals surface area contributed by atoms with Crippen LogP contribution in [0.15, 0.2) is 24.5 Å². The molecular formula is C17H19Cl2FN4O. The molecule has 1 fully saturated rings. The lowest BCUT2D eigenvalue weighted by Crippen LogP contribution is -2.36. The van der Waals surface area contributed by atoms with Crippen molar-refractivity contribution in [1.82, 2.24) is 20.4 Å². The first-order valence-electron chi connectivity index (χ1n) is 8.01. The van der Waals surface area contributed by atoms with E-state index in [1.807, 2.05) is 13.2 Å². The van der Waals surface area contributed by atoms with Crippen LogP contribution in [0.25, 0.3) is 0 Å². The van der Waals surface area contributed by atoms with E-state index in [1.54, 1.807) is 17.8 Å². The maximum atomic E-state index is 13.7. The largest absolute Gasteiger partial charge is 0.349 e. The normalized spacial score (nSPS) is 21.3. The molecule has 134 valence electrons. The van der Waals surface area contributed by atoms with Crippen molar-refractivity contribution in [2.24, 2.45) is 13.0 Å². The van der Waals surface area contributed by atoms with Gasteiger partial charge in [0.25, 0.3) is 0 Å². The van der Waals surface area contributed by atoms with Crippen LogP contribution in [0.1, 0.15) is 30.0 Å². The van der Waals surface area contributed by atoms with E-state index in [-0.39, 0.29) is 22.8 Å². The number of hydrogen-bond donors (Lipinski definition) is 2. The Hall–Kier alpha value is -1.63. The van der Waals surface area contributed by atoms with Gasteiger partial charge < -0.3 is 10.6 Å². The summed E-state index contributed by atoms with van der Waals surface area (Å²) in [5, 5.41) is 10.6. The molecule has 0 aliphatic carbocycles. The molecule has 1 unspecified atom stereocenters. The summed E-state index contributed by atoms with van der Waals surface area (Å²) < 4.78 is 15.4. The Morgan fingerprint density at radius 1 is 1.40 bits per heavy atom. The monoisotopic (exact) mass is 384 g/mol. The van der Waals surface area contributed by atoms with Gasteiger partial charge in [-0.05, 0) is 30.2 Å². The fraction of sp³-hybridized carbons (Fsp3) is 0.412. The molecule has 0 spiro atoms. The Balaban J connectivity index is 1.74. The number of nitrogens with zero attached hydrogens (tertiary/aromatic N) is 2. The zero-order valence-corrected chi connectivity index (χ0v) is 15.4. The molecule has 1 aromatic carbocycles. The van der Waals surface area contributed by atoms with Crippen LogP contribution in [-0.2, 0) is 11.8 Å². The van der Waals surface area contributed by atoms with Gasteiger partial charge in [-0.25, -0.2) is 4.39 Å². The second-order valence-electron chi connectivity index (χ2n) is 6.34. The third-order valence-corrected chi connectivity index (χ3v) is 5.19. The summed E-state index contributed by atoms with van der Waals surface area (Å²) in [6.07, 6.45) is 3.71. The Morgan fingerprint density at radius 3 is 2.84 bits per heavy atom. The lowest BCUT2D eigenvalue weighted by molar-refractivity contribution is -0.125. The van der Waals surface area contributed by atoms with Crippen LogP contribution < -0.4 is 10.6 Å². The summed E-state index contributed by atoms with van der Waals surface area (Å²) in [7, 11) is 1.85. The highest BCUT2D eigenvalue weighted by molar-refractivity contribution is 6.35. The van der Waals surface area contributed by atoms with E-state index < -0.39 is 11.9 Å². The van der Waals surface area contributed by atoms with E-state index in [9.17, 15) is 9.18 Å². The molecule has 8 heteroatoms. The first-order valence-corrected chi connectivity index (χ1v) is 8.76. The molecule has 0 radical (unpaired) electrons. The Morgan fingerprint density at radius 2 is 2.16 bits per heavy atom. The van der Waals surface area contributed by atoms with Gasteiger partial charge in [0, 0.05) is 37.3 Å². The fourth-order valence-electron chi connectivity index (χ4n) is 3.20. The van der Waals surface area contributed by atoms with Crippen molar-refractivity contribution in [1.29, 1.82) is 0 Å². The molecule has 0 saturated carbocycles. The number of hydrogen-bond acceptors (Lipinski definition) is 3. The van der Waals surface area contributed by atoms with Crippen molar-refractivity contribution in [3.8, 4) is 0 Å². The highest BCUT2D eigenvalue weighted by Crippen LogP contribution is 2.31. The number of aromatic nitrogens is 2. The molecule has 3 rings (SSSR count). The molecule has 1 aliphatic heterocycles. The summed E-state index contributed by atoms with van der Waals surface area (Å²) >= 11 is 11.9. The van der Waals surface area contributed by atoms with Gasteiger partial charge in [0.05, 0.1) is 23.2 Å². The Labute approximate surface area is 155 Å². The van der Waals surface area contributed by atoms with Gasteiger partial charge in [0.2, 0.25) is 5.91 Å². The van der Waals surface area contributed by atoms with Gasteiger partial charge in [-0.15, -0.1) is 0 Å². The average Bonchev–Trinajstić information content (AvgIpc) is 3.19. The van der Waals surface area contributed by atoms with E-state index in [0.29, 0.717) is 23.7 Å². The molecule has 25 heavy (non-hydrogen) atoms. The third-order valence-electron chi connectivity index (χ3n) is 4.57. The lowest BCUT2D eigenvalue weighted by Gasteiger charge is -2.21.